The number of thiocarbonyl (C=S) groups is 1. The van der Waals surface area contributed by atoms with Crippen molar-refractivity contribution in [1.29, 1.82) is 0 Å². The fourth-order valence-corrected chi connectivity index (χ4v) is 1.81. The lowest BCUT2D eigenvalue weighted by Crippen LogP contribution is -2.38. The zero-order valence-corrected chi connectivity index (χ0v) is 10.9. The average molecular weight is 257 g/mol. The molecule has 1 aliphatic heterocycles. The zero-order valence-electron chi connectivity index (χ0n) is 10.1. The van der Waals surface area contributed by atoms with E-state index in [0.29, 0.717) is 13.0 Å². The monoisotopic (exact) mass is 257 g/mol. The van der Waals surface area contributed by atoms with Crippen LogP contribution in [0.2, 0.25) is 0 Å². The molecule has 0 aromatic rings. The molecule has 5 nitrogen and oxygen atoms in total. The van der Waals surface area contributed by atoms with Crippen molar-refractivity contribution in [3.63, 3.8) is 0 Å². The Morgan fingerprint density at radius 2 is 2.00 bits per heavy atom. The Labute approximate surface area is 107 Å². The predicted molar refractivity (Wildman–Crippen MR) is 69.4 cm³/mol. The van der Waals surface area contributed by atoms with Crippen LogP contribution < -0.4 is 11.1 Å². The molecule has 1 fully saturated rings. The Morgan fingerprint density at radius 3 is 2.53 bits per heavy atom. The third kappa shape index (κ3) is 4.30. The van der Waals surface area contributed by atoms with Gasteiger partial charge in [-0.1, -0.05) is 12.2 Å². The van der Waals surface area contributed by atoms with Gasteiger partial charge in [0.15, 0.2) is 0 Å². The Bertz CT molecular complexity index is 314. The first-order valence-electron chi connectivity index (χ1n) is 5.87. The number of nitrogens with two attached hydrogens (primary N) is 1. The molecule has 0 saturated carbocycles. The van der Waals surface area contributed by atoms with Crippen LogP contribution in [0.3, 0.4) is 0 Å². The van der Waals surface area contributed by atoms with Crippen LogP contribution in [0.15, 0.2) is 0 Å². The molecular weight excluding hydrogens is 238 g/mol. The van der Waals surface area contributed by atoms with Gasteiger partial charge in [-0.2, -0.15) is 0 Å². The summed E-state index contributed by atoms with van der Waals surface area (Å²) >= 11 is 4.73. The smallest absolute Gasteiger partial charge is 0.229 e. The lowest BCUT2D eigenvalue weighted by molar-refractivity contribution is -0.130. The first kappa shape index (κ1) is 13.9. The van der Waals surface area contributed by atoms with Crippen molar-refractivity contribution >= 4 is 29.0 Å². The van der Waals surface area contributed by atoms with Gasteiger partial charge in [0.1, 0.15) is 0 Å². The van der Waals surface area contributed by atoms with Gasteiger partial charge in [-0.3, -0.25) is 9.59 Å². The van der Waals surface area contributed by atoms with E-state index in [-0.39, 0.29) is 16.8 Å². The van der Waals surface area contributed by atoms with Gasteiger partial charge in [0.2, 0.25) is 11.8 Å². The van der Waals surface area contributed by atoms with E-state index in [1.54, 1.807) is 6.92 Å². The zero-order chi connectivity index (χ0) is 12.8. The molecule has 96 valence electrons. The summed E-state index contributed by atoms with van der Waals surface area (Å²) in [5.74, 6) is -0.593. The van der Waals surface area contributed by atoms with Crippen molar-refractivity contribution in [3.8, 4) is 0 Å². The van der Waals surface area contributed by atoms with Crippen LogP contribution in [-0.4, -0.2) is 41.3 Å². The standard InChI is InChI=1S/C11H19N3O2S/c1-8(10(12)17)11(16)13-5-4-9(15)14-6-2-3-7-14/h8H,2-7H2,1H3,(H2,12,17)(H,13,16). The van der Waals surface area contributed by atoms with Gasteiger partial charge < -0.3 is 16.0 Å². The van der Waals surface area contributed by atoms with Crippen LogP contribution in [0.25, 0.3) is 0 Å². The van der Waals surface area contributed by atoms with E-state index in [1.807, 2.05) is 4.90 Å². The predicted octanol–water partition coefficient (Wildman–Crippen LogP) is 0.0373. The molecule has 2 amide bonds. The van der Waals surface area contributed by atoms with E-state index in [1.165, 1.54) is 0 Å². The summed E-state index contributed by atoms with van der Waals surface area (Å²) in [7, 11) is 0. The molecule has 0 aliphatic carbocycles. The summed E-state index contributed by atoms with van der Waals surface area (Å²) in [6.45, 7) is 3.69. The summed E-state index contributed by atoms with van der Waals surface area (Å²) in [5.41, 5.74) is 5.36. The molecule has 0 radical (unpaired) electrons. The Balaban J connectivity index is 2.21. The topological polar surface area (TPSA) is 75.4 Å². The van der Waals surface area contributed by atoms with Crippen LogP contribution in [0.1, 0.15) is 26.2 Å². The van der Waals surface area contributed by atoms with E-state index in [0.717, 1.165) is 25.9 Å². The molecule has 0 aromatic carbocycles. The lowest BCUT2D eigenvalue weighted by Gasteiger charge is -2.16. The number of carbonyl (C=O) groups is 2. The van der Waals surface area contributed by atoms with Gasteiger partial charge in [0.05, 0.1) is 10.9 Å². The maximum atomic E-state index is 11.7. The fraction of sp³-hybridized carbons (Fsp3) is 0.727. The molecule has 3 N–H and O–H groups in total. The van der Waals surface area contributed by atoms with Crippen LogP contribution >= 0.6 is 12.2 Å². The maximum Gasteiger partial charge on any atom is 0.229 e. The van der Waals surface area contributed by atoms with E-state index in [9.17, 15) is 9.59 Å². The maximum absolute atomic E-state index is 11.7. The van der Waals surface area contributed by atoms with Crippen molar-refractivity contribution < 1.29 is 9.59 Å². The van der Waals surface area contributed by atoms with Crippen molar-refractivity contribution in [2.45, 2.75) is 26.2 Å². The van der Waals surface area contributed by atoms with E-state index < -0.39 is 5.92 Å². The molecule has 1 atom stereocenters. The number of nitrogens with one attached hydrogen (secondary N) is 1. The molecular formula is C11H19N3O2S. The molecule has 1 saturated heterocycles. The Morgan fingerprint density at radius 1 is 1.41 bits per heavy atom. The number of rotatable bonds is 5. The molecule has 6 heteroatoms. The first-order chi connectivity index (χ1) is 8.02. The van der Waals surface area contributed by atoms with Crippen LogP contribution in [0, 0.1) is 5.92 Å². The summed E-state index contributed by atoms with van der Waals surface area (Å²) in [5, 5.41) is 2.66. The molecule has 1 aliphatic rings. The van der Waals surface area contributed by atoms with Gasteiger partial charge in [-0.05, 0) is 19.8 Å². The molecule has 0 aromatic heterocycles. The fourth-order valence-electron chi connectivity index (χ4n) is 1.70. The largest absolute Gasteiger partial charge is 0.393 e. The minimum absolute atomic E-state index is 0.103. The third-order valence-corrected chi connectivity index (χ3v) is 3.27. The van der Waals surface area contributed by atoms with Gasteiger partial charge in [0.25, 0.3) is 0 Å². The third-order valence-electron chi connectivity index (χ3n) is 2.92. The van der Waals surface area contributed by atoms with Gasteiger partial charge in [0, 0.05) is 26.1 Å². The van der Waals surface area contributed by atoms with Crippen molar-refractivity contribution in [3.05, 3.63) is 0 Å². The Hall–Kier alpha value is -1.17. The summed E-state index contributed by atoms with van der Waals surface area (Å²) < 4.78 is 0. The average Bonchev–Trinajstić information content (AvgIpc) is 2.80. The van der Waals surface area contributed by atoms with Crippen molar-refractivity contribution in [1.82, 2.24) is 10.2 Å². The van der Waals surface area contributed by atoms with E-state index in [4.69, 9.17) is 18.0 Å². The van der Waals surface area contributed by atoms with Gasteiger partial charge >= 0.3 is 0 Å². The van der Waals surface area contributed by atoms with Gasteiger partial charge in [-0.15, -0.1) is 0 Å². The van der Waals surface area contributed by atoms with E-state index in [2.05, 4.69) is 5.32 Å². The van der Waals surface area contributed by atoms with Crippen molar-refractivity contribution in [2.24, 2.45) is 11.7 Å². The second kappa shape index (κ2) is 6.54. The highest BCUT2D eigenvalue weighted by molar-refractivity contribution is 7.80. The lowest BCUT2D eigenvalue weighted by atomic mass is 10.1. The normalized spacial score (nSPS) is 16.6. The summed E-state index contributed by atoms with van der Waals surface area (Å²) in [4.78, 5) is 25.1. The second-order valence-corrected chi connectivity index (χ2v) is 4.72. The highest BCUT2D eigenvalue weighted by Gasteiger charge is 2.19. The molecule has 1 rings (SSSR count). The molecule has 1 unspecified atom stereocenters. The number of nitrogens with zero attached hydrogens (tertiary/aromatic N) is 1. The molecule has 0 spiro atoms. The molecule has 0 bridgehead atoms. The van der Waals surface area contributed by atoms with Crippen LogP contribution in [0.4, 0.5) is 0 Å². The SMILES string of the molecule is CC(C(=O)NCCC(=O)N1CCCC1)C(N)=S. The summed E-state index contributed by atoms with van der Waals surface area (Å²) in [6.07, 6.45) is 2.50. The highest BCUT2D eigenvalue weighted by Crippen LogP contribution is 2.08. The first-order valence-corrected chi connectivity index (χ1v) is 6.28. The quantitative estimate of drug-likeness (QED) is 0.682. The number of hydrogen-bond donors (Lipinski definition) is 2. The minimum atomic E-state index is -0.480. The Kier molecular flexibility index (Phi) is 5.34. The molecule has 1 heterocycles. The molecule has 17 heavy (non-hydrogen) atoms. The number of hydrogen-bond acceptors (Lipinski definition) is 3. The second-order valence-electron chi connectivity index (χ2n) is 4.25. The van der Waals surface area contributed by atoms with E-state index >= 15 is 0 Å². The number of carbonyl (C=O) groups excluding carboxylic acids is 2. The number of likely N-dealkylation sites (tertiary alicyclic amines) is 1. The number of amides is 2. The van der Waals surface area contributed by atoms with Crippen LogP contribution in [-0.2, 0) is 9.59 Å². The van der Waals surface area contributed by atoms with Gasteiger partial charge in [-0.25, -0.2) is 0 Å². The van der Waals surface area contributed by atoms with Crippen molar-refractivity contribution in [2.75, 3.05) is 19.6 Å². The minimum Gasteiger partial charge on any atom is -0.393 e. The highest BCUT2D eigenvalue weighted by atomic mass is 32.1. The summed E-state index contributed by atoms with van der Waals surface area (Å²) in [6, 6.07) is 0. The van der Waals surface area contributed by atoms with Crippen LogP contribution in [0.5, 0.6) is 0 Å².